The number of hydrogen-bond acceptors (Lipinski definition) is 3. The number of sulfonamides is 1. The lowest BCUT2D eigenvalue weighted by Crippen LogP contribution is -2.48. The average molecular weight is 299 g/mol. The minimum absolute atomic E-state index is 0.117. The third kappa shape index (κ3) is 3.80. The summed E-state index contributed by atoms with van der Waals surface area (Å²) < 4.78 is 26.2. The molecule has 5 nitrogen and oxygen atoms in total. The maximum absolute atomic E-state index is 12.6. The molecule has 0 spiro atoms. The third-order valence-corrected chi connectivity index (χ3v) is 5.07. The van der Waals surface area contributed by atoms with E-state index in [-0.39, 0.29) is 4.90 Å². The predicted octanol–water partition coefficient (Wildman–Crippen LogP) is 2.12. The van der Waals surface area contributed by atoms with Crippen molar-refractivity contribution >= 4 is 16.0 Å². The first kappa shape index (κ1) is 16.7. The summed E-state index contributed by atoms with van der Waals surface area (Å²) in [4.78, 5) is 11.0. The van der Waals surface area contributed by atoms with E-state index in [1.807, 2.05) is 6.92 Å². The average Bonchev–Trinajstić information content (AvgIpc) is 2.34. The summed E-state index contributed by atoms with van der Waals surface area (Å²) in [5.41, 5.74) is 0.227. The molecule has 6 heteroatoms. The van der Waals surface area contributed by atoms with Crippen LogP contribution in [0.15, 0.2) is 29.2 Å². The second-order valence-corrected chi connectivity index (χ2v) is 7.44. The molecule has 0 amide bonds. The van der Waals surface area contributed by atoms with Gasteiger partial charge in [0.25, 0.3) is 0 Å². The van der Waals surface area contributed by atoms with Gasteiger partial charge in [-0.3, -0.25) is 4.79 Å². The van der Waals surface area contributed by atoms with Crippen molar-refractivity contribution in [1.29, 1.82) is 0 Å². The Morgan fingerprint density at radius 1 is 1.20 bits per heavy atom. The van der Waals surface area contributed by atoms with Crippen LogP contribution in [0.2, 0.25) is 0 Å². The van der Waals surface area contributed by atoms with Crippen LogP contribution in [-0.2, 0) is 21.2 Å². The van der Waals surface area contributed by atoms with Gasteiger partial charge in [0.05, 0.1) is 4.90 Å². The number of rotatable bonds is 5. The summed E-state index contributed by atoms with van der Waals surface area (Å²) in [5.74, 6) is -1.17. The Kier molecular flexibility index (Phi) is 4.94. The van der Waals surface area contributed by atoms with Crippen molar-refractivity contribution < 1.29 is 18.3 Å². The van der Waals surface area contributed by atoms with Crippen molar-refractivity contribution in [3.05, 3.63) is 29.8 Å². The van der Waals surface area contributed by atoms with Crippen LogP contribution in [0.1, 0.15) is 33.3 Å². The van der Waals surface area contributed by atoms with Gasteiger partial charge in [-0.2, -0.15) is 4.31 Å². The molecular weight excluding hydrogens is 278 g/mol. The molecule has 0 aromatic heterocycles. The maximum atomic E-state index is 12.6. The molecule has 1 aromatic carbocycles. The molecule has 20 heavy (non-hydrogen) atoms. The zero-order chi connectivity index (χ0) is 15.6. The normalized spacial score (nSPS) is 12.7. The summed E-state index contributed by atoms with van der Waals surface area (Å²) in [5, 5.41) is 8.93. The van der Waals surface area contributed by atoms with Crippen LogP contribution < -0.4 is 0 Å². The highest BCUT2D eigenvalue weighted by molar-refractivity contribution is 7.89. The lowest BCUT2D eigenvalue weighted by Gasteiger charge is -2.33. The number of benzene rings is 1. The smallest absolute Gasteiger partial charge is 0.318 e. The zero-order valence-electron chi connectivity index (χ0n) is 12.3. The van der Waals surface area contributed by atoms with Crippen LogP contribution >= 0.6 is 0 Å². The second kappa shape index (κ2) is 5.93. The molecule has 0 saturated heterocycles. The van der Waals surface area contributed by atoms with E-state index in [1.54, 1.807) is 32.9 Å². The molecule has 1 aromatic rings. The minimum atomic E-state index is -3.83. The lowest BCUT2D eigenvalue weighted by atomic mass is 10.1. The van der Waals surface area contributed by atoms with Gasteiger partial charge in [-0.25, -0.2) is 8.42 Å². The van der Waals surface area contributed by atoms with Crippen LogP contribution in [0.25, 0.3) is 0 Å². The van der Waals surface area contributed by atoms with E-state index in [2.05, 4.69) is 0 Å². The Morgan fingerprint density at radius 3 is 2.05 bits per heavy atom. The first-order valence-electron chi connectivity index (χ1n) is 6.42. The fourth-order valence-corrected chi connectivity index (χ4v) is 3.57. The summed E-state index contributed by atoms with van der Waals surface area (Å²) >= 11 is 0. The molecule has 0 aliphatic heterocycles. The van der Waals surface area contributed by atoms with Gasteiger partial charge in [0.2, 0.25) is 10.0 Å². The molecule has 0 fully saturated rings. The number of nitrogens with zero attached hydrogens (tertiary/aromatic N) is 1. The summed E-state index contributed by atoms with van der Waals surface area (Å²) in [7, 11) is -3.83. The fraction of sp³-hybridized carbons (Fsp3) is 0.500. The first-order valence-corrected chi connectivity index (χ1v) is 7.86. The largest absolute Gasteiger partial charge is 0.480 e. The Hall–Kier alpha value is -1.40. The highest BCUT2D eigenvalue weighted by Crippen LogP contribution is 2.24. The predicted molar refractivity (Wildman–Crippen MR) is 77.1 cm³/mol. The molecule has 0 unspecified atom stereocenters. The van der Waals surface area contributed by atoms with Gasteiger partial charge in [0.1, 0.15) is 6.54 Å². The van der Waals surface area contributed by atoms with Crippen molar-refractivity contribution in [2.24, 2.45) is 0 Å². The third-order valence-electron chi connectivity index (χ3n) is 2.95. The van der Waals surface area contributed by atoms with Crippen molar-refractivity contribution in [1.82, 2.24) is 4.31 Å². The van der Waals surface area contributed by atoms with Crippen molar-refractivity contribution in [3.8, 4) is 0 Å². The number of carboxylic acid groups (broad SMARTS) is 1. The summed E-state index contributed by atoms with van der Waals surface area (Å²) in [6.45, 7) is 6.45. The molecule has 0 atom stereocenters. The topological polar surface area (TPSA) is 74.7 Å². The SMILES string of the molecule is CCc1ccc(S(=O)(=O)N(CC(=O)O)C(C)(C)C)cc1. The van der Waals surface area contributed by atoms with Gasteiger partial charge in [-0.1, -0.05) is 19.1 Å². The van der Waals surface area contributed by atoms with E-state index >= 15 is 0 Å². The summed E-state index contributed by atoms with van der Waals surface area (Å²) in [6.07, 6.45) is 0.818. The number of aliphatic carboxylic acids is 1. The Balaban J connectivity index is 3.25. The number of carboxylic acids is 1. The standard InChI is InChI=1S/C14H21NO4S/c1-5-11-6-8-12(9-7-11)20(18,19)15(10-13(16)17)14(2,3)4/h6-9H,5,10H2,1-4H3,(H,16,17). The van der Waals surface area contributed by atoms with Crippen molar-refractivity contribution in [2.75, 3.05) is 6.54 Å². The quantitative estimate of drug-likeness (QED) is 0.903. The zero-order valence-corrected chi connectivity index (χ0v) is 13.1. The first-order chi connectivity index (χ1) is 9.09. The van der Waals surface area contributed by atoms with E-state index in [9.17, 15) is 13.2 Å². The fourth-order valence-electron chi connectivity index (χ4n) is 1.83. The molecule has 0 bridgehead atoms. The molecule has 0 saturated carbocycles. The van der Waals surface area contributed by atoms with E-state index in [4.69, 9.17) is 5.11 Å². The van der Waals surface area contributed by atoms with E-state index in [1.165, 1.54) is 12.1 Å². The van der Waals surface area contributed by atoms with E-state index in [0.717, 1.165) is 16.3 Å². The van der Waals surface area contributed by atoms with Gasteiger partial charge < -0.3 is 5.11 Å². The van der Waals surface area contributed by atoms with Gasteiger partial charge in [0, 0.05) is 5.54 Å². The van der Waals surface area contributed by atoms with Crippen LogP contribution in [0.5, 0.6) is 0 Å². The molecule has 112 valence electrons. The van der Waals surface area contributed by atoms with Crippen LogP contribution in [0.4, 0.5) is 0 Å². The molecule has 0 radical (unpaired) electrons. The molecule has 1 rings (SSSR count). The minimum Gasteiger partial charge on any atom is -0.480 e. The molecular formula is C14H21NO4S. The van der Waals surface area contributed by atoms with Crippen LogP contribution in [0.3, 0.4) is 0 Å². The van der Waals surface area contributed by atoms with Crippen molar-refractivity contribution in [3.63, 3.8) is 0 Å². The Morgan fingerprint density at radius 2 is 1.70 bits per heavy atom. The van der Waals surface area contributed by atoms with Gasteiger partial charge in [-0.05, 0) is 44.9 Å². The highest BCUT2D eigenvalue weighted by Gasteiger charge is 2.35. The summed E-state index contributed by atoms with van der Waals surface area (Å²) in [6, 6.07) is 6.53. The molecule has 0 heterocycles. The maximum Gasteiger partial charge on any atom is 0.318 e. The molecule has 0 aliphatic rings. The molecule has 1 N–H and O–H groups in total. The van der Waals surface area contributed by atoms with Gasteiger partial charge >= 0.3 is 5.97 Å². The number of carbonyl (C=O) groups is 1. The van der Waals surface area contributed by atoms with Crippen molar-refractivity contribution in [2.45, 2.75) is 44.6 Å². The Labute approximate surface area is 120 Å². The van der Waals surface area contributed by atoms with Gasteiger partial charge in [0.15, 0.2) is 0 Å². The molecule has 0 aliphatic carbocycles. The number of aryl methyl sites for hydroxylation is 1. The van der Waals surface area contributed by atoms with E-state index in [0.29, 0.717) is 0 Å². The number of hydrogen-bond donors (Lipinski definition) is 1. The lowest BCUT2D eigenvalue weighted by molar-refractivity contribution is -0.138. The highest BCUT2D eigenvalue weighted by atomic mass is 32.2. The van der Waals surface area contributed by atoms with E-state index < -0.39 is 28.1 Å². The van der Waals surface area contributed by atoms with Crippen LogP contribution in [0, 0.1) is 0 Å². The van der Waals surface area contributed by atoms with Crippen LogP contribution in [-0.4, -0.2) is 35.9 Å². The van der Waals surface area contributed by atoms with Gasteiger partial charge in [-0.15, -0.1) is 0 Å². The Bertz CT molecular complexity index is 570. The monoisotopic (exact) mass is 299 g/mol. The second-order valence-electron chi connectivity index (χ2n) is 5.57.